The van der Waals surface area contributed by atoms with Gasteiger partial charge in [0.05, 0.1) is 30.7 Å². The number of amides is 4. The third-order valence-corrected chi connectivity index (χ3v) is 11.0. The molecule has 0 unspecified atom stereocenters. The molecule has 1 fully saturated rings. The Bertz CT molecular complexity index is 1840. The zero-order valence-electron chi connectivity index (χ0n) is 32.7. The van der Waals surface area contributed by atoms with Gasteiger partial charge in [-0.2, -0.15) is 11.8 Å². The first-order valence-corrected chi connectivity index (χ1v) is 20.5. The highest BCUT2D eigenvalue weighted by Gasteiger charge is 2.37. The number of hydrogen-bond acceptors (Lipinski definition) is 12. The second-order valence-corrected chi connectivity index (χ2v) is 15.5. The number of aromatic amines is 1. The molecule has 2 heterocycles. The Labute approximate surface area is 337 Å². The quantitative estimate of drug-likeness (QED) is 0.0682. The van der Waals surface area contributed by atoms with Gasteiger partial charge in [-0.15, -0.1) is 0 Å². The molecule has 16 nitrogen and oxygen atoms in total. The average Bonchev–Trinajstić information content (AvgIpc) is 3.63. The highest BCUT2D eigenvalue weighted by molar-refractivity contribution is 7.99. The molecule has 2 aromatic carbocycles. The van der Waals surface area contributed by atoms with Gasteiger partial charge in [0, 0.05) is 49.2 Å². The molecule has 0 bridgehead atoms. The van der Waals surface area contributed by atoms with E-state index < -0.39 is 47.4 Å². The Morgan fingerprint density at radius 3 is 2.39 bits per heavy atom. The van der Waals surface area contributed by atoms with Gasteiger partial charge in [0.25, 0.3) is 0 Å². The van der Waals surface area contributed by atoms with E-state index in [1.165, 1.54) is 18.7 Å². The van der Waals surface area contributed by atoms with Gasteiger partial charge in [-0.05, 0) is 74.2 Å². The van der Waals surface area contributed by atoms with E-state index in [0.29, 0.717) is 68.2 Å². The van der Waals surface area contributed by atoms with E-state index in [-0.39, 0.29) is 43.4 Å². The number of benzene rings is 2. The molecule has 0 spiro atoms. The first kappa shape index (κ1) is 44.9. The number of rotatable bonds is 20. The predicted molar refractivity (Wildman–Crippen MR) is 220 cm³/mol. The summed E-state index contributed by atoms with van der Waals surface area (Å²) in [6.45, 7) is 3.58. The van der Waals surface area contributed by atoms with Crippen molar-refractivity contribution in [3.05, 3.63) is 65.9 Å². The summed E-state index contributed by atoms with van der Waals surface area (Å²) < 4.78 is 5.61. The van der Waals surface area contributed by atoms with Crippen molar-refractivity contribution in [3.63, 3.8) is 0 Å². The first-order chi connectivity index (χ1) is 27.4. The van der Waals surface area contributed by atoms with E-state index in [0.717, 1.165) is 16.5 Å². The Morgan fingerprint density at radius 1 is 0.947 bits per heavy atom. The number of nitrogens with two attached hydrogens (primary N) is 3. The van der Waals surface area contributed by atoms with E-state index in [1.54, 1.807) is 37.4 Å². The number of unbranched alkanes of at least 4 members (excludes halogenated alkanes) is 1. The van der Waals surface area contributed by atoms with Crippen LogP contribution >= 0.6 is 11.8 Å². The summed E-state index contributed by atoms with van der Waals surface area (Å²) in [7, 11) is 0. The zero-order valence-corrected chi connectivity index (χ0v) is 33.5. The van der Waals surface area contributed by atoms with Crippen molar-refractivity contribution < 1.29 is 33.5 Å². The summed E-state index contributed by atoms with van der Waals surface area (Å²) in [5.41, 5.74) is 18.0. The van der Waals surface area contributed by atoms with Crippen molar-refractivity contribution in [1.82, 2.24) is 31.6 Å². The summed E-state index contributed by atoms with van der Waals surface area (Å²) in [5.74, 6) is -1.29. The second-order valence-electron chi connectivity index (χ2n) is 14.4. The number of Topliss-reactive ketones (excluding diaryl/α,β-unsaturated/α-hetero) is 2. The lowest BCUT2D eigenvalue weighted by Gasteiger charge is -2.32. The molecule has 1 aliphatic heterocycles. The fraction of sp³-hybridized carbons (Fsp3) is 0.500. The van der Waals surface area contributed by atoms with Crippen molar-refractivity contribution >= 4 is 57.9 Å². The van der Waals surface area contributed by atoms with Crippen LogP contribution in [0.2, 0.25) is 0 Å². The maximum Gasteiger partial charge on any atom is 0.243 e. The van der Waals surface area contributed by atoms with Crippen LogP contribution in [0.4, 0.5) is 0 Å². The summed E-state index contributed by atoms with van der Waals surface area (Å²) in [4.78, 5) is 83.7. The minimum Gasteiger partial charge on any atom is -0.492 e. The van der Waals surface area contributed by atoms with Gasteiger partial charge >= 0.3 is 0 Å². The number of carbonyl (C=O) groups excluding carboxylic acids is 6. The molecule has 4 rings (SSSR count). The number of thioether (sulfide) groups is 1. The SMILES string of the molecule is CC(=O)N[C@H]1CCSC[C@@H](C(=O)N[C@@H](Cc2ccc(OCCN)cc2)C(=O)N[C@@H](Cc2c[nH]c3ccccc23)C(=O)N[C@@](C)(CCCCN)C(=O)CN)NCC1=O. The molecule has 57 heavy (non-hydrogen) atoms. The Hall–Kier alpha value is -4.81. The molecule has 4 amide bonds. The molecule has 3 aromatic rings. The van der Waals surface area contributed by atoms with E-state index in [9.17, 15) is 28.8 Å². The molecular formula is C40H57N9O7S. The minimum absolute atomic E-state index is 0.0437. The molecule has 0 saturated carbocycles. The van der Waals surface area contributed by atoms with Crippen molar-refractivity contribution in [1.29, 1.82) is 0 Å². The highest BCUT2D eigenvalue weighted by atomic mass is 32.2. The fourth-order valence-electron chi connectivity index (χ4n) is 6.63. The highest BCUT2D eigenvalue weighted by Crippen LogP contribution is 2.21. The topological polar surface area (TPSA) is 266 Å². The average molecular weight is 808 g/mol. The second kappa shape index (κ2) is 22.2. The number of ketones is 2. The molecule has 1 aliphatic rings. The number of para-hydroxylation sites is 1. The predicted octanol–water partition coefficient (Wildman–Crippen LogP) is -0.0392. The molecule has 0 aliphatic carbocycles. The van der Waals surface area contributed by atoms with Crippen LogP contribution in [0, 0.1) is 0 Å². The number of fused-ring (bicyclic) bond motifs is 1. The van der Waals surface area contributed by atoms with Gasteiger partial charge in [-0.25, -0.2) is 0 Å². The van der Waals surface area contributed by atoms with Crippen LogP contribution in [0.15, 0.2) is 54.7 Å². The van der Waals surface area contributed by atoms with Gasteiger partial charge in [-0.3, -0.25) is 34.1 Å². The standard InChI is InChI=1S/C40H57N9O7S/c1-25(50)46-31-13-18-57-24-34(45-23-35(31)51)38(54)47-32(19-26-9-11-28(12-10-26)56-17-16-42)37(53)48-33(20-27-22-44-30-8-4-3-7-29(27)30)39(55)49-40(2,36(52)21-43)14-5-6-15-41/h3-4,7-12,22,31-34,44-45H,5-6,13-21,23-24,41-43H2,1-2H3,(H,46,50)(H,47,54)(H,48,53)(H,49,55)/t31-,32-,33-,34-,40-/m0/s1. The third kappa shape index (κ3) is 13.4. The summed E-state index contributed by atoms with van der Waals surface area (Å²) in [6.07, 6.45) is 3.79. The molecule has 12 N–H and O–H groups in total. The third-order valence-electron chi connectivity index (χ3n) is 9.89. The lowest BCUT2D eigenvalue weighted by atomic mass is 9.89. The summed E-state index contributed by atoms with van der Waals surface area (Å²) in [5, 5.41) is 15.2. The minimum atomic E-state index is -1.32. The number of nitrogens with one attached hydrogen (secondary N) is 6. The van der Waals surface area contributed by atoms with Crippen LogP contribution in [-0.2, 0) is 41.6 Å². The van der Waals surface area contributed by atoms with Crippen LogP contribution in [-0.4, -0.2) is 114 Å². The van der Waals surface area contributed by atoms with E-state index in [1.807, 2.05) is 24.3 Å². The Balaban J connectivity index is 1.63. The molecule has 17 heteroatoms. The van der Waals surface area contributed by atoms with E-state index >= 15 is 0 Å². The smallest absolute Gasteiger partial charge is 0.243 e. The first-order valence-electron chi connectivity index (χ1n) is 19.3. The lowest BCUT2D eigenvalue weighted by molar-refractivity contribution is -0.135. The van der Waals surface area contributed by atoms with Gasteiger partial charge in [0.2, 0.25) is 23.6 Å². The maximum absolute atomic E-state index is 14.5. The normalized spacial score (nSPS) is 18.2. The number of carbonyl (C=O) groups is 6. The van der Waals surface area contributed by atoms with Gasteiger partial charge in [0.15, 0.2) is 11.6 Å². The number of ether oxygens (including phenoxy) is 1. The van der Waals surface area contributed by atoms with Crippen LogP contribution in [0.1, 0.15) is 50.7 Å². The van der Waals surface area contributed by atoms with Crippen molar-refractivity contribution in [2.24, 2.45) is 17.2 Å². The molecule has 1 saturated heterocycles. The Kier molecular flexibility index (Phi) is 17.5. The number of H-pyrrole nitrogens is 1. The van der Waals surface area contributed by atoms with E-state index in [4.69, 9.17) is 21.9 Å². The van der Waals surface area contributed by atoms with Crippen molar-refractivity contribution in [2.45, 2.75) is 82.1 Å². The molecule has 5 atom stereocenters. The monoisotopic (exact) mass is 807 g/mol. The molecule has 1 aromatic heterocycles. The number of aromatic nitrogens is 1. The van der Waals surface area contributed by atoms with Gasteiger partial charge in [0.1, 0.15) is 24.4 Å². The fourth-order valence-corrected chi connectivity index (χ4v) is 7.71. The summed E-state index contributed by atoms with van der Waals surface area (Å²) >= 11 is 1.44. The lowest BCUT2D eigenvalue weighted by Crippen LogP contribution is -2.61. The summed E-state index contributed by atoms with van der Waals surface area (Å²) in [6, 6.07) is 10.7. The zero-order chi connectivity index (χ0) is 41.4. The van der Waals surface area contributed by atoms with Crippen LogP contribution < -0.4 is 48.5 Å². The van der Waals surface area contributed by atoms with Crippen molar-refractivity contribution in [2.75, 3.05) is 44.3 Å². The maximum atomic E-state index is 14.5. The van der Waals surface area contributed by atoms with Crippen LogP contribution in [0.3, 0.4) is 0 Å². The molecule has 310 valence electrons. The van der Waals surface area contributed by atoms with E-state index in [2.05, 4.69) is 31.6 Å². The molecular weight excluding hydrogens is 751 g/mol. The Morgan fingerprint density at radius 2 is 1.68 bits per heavy atom. The molecule has 0 radical (unpaired) electrons. The van der Waals surface area contributed by atoms with Crippen LogP contribution in [0.25, 0.3) is 10.9 Å². The van der Waals surface area contributed by atoms with Crippen molar-refractivity contribution in [3.8, 4) is 5.75 Å². The van der Waals surface area contributed by atoms with Crippen LogP contribution in [0.5, 0.6) is 5.75 Å². The largest absolute Gasteiger partial charge is 0.492 e. The van der Waals surface area contributed by atoms with Gasteiger partial charge in [-0.1, -0.05) is 30.3 Å². The number of hydrogen-bond donors (Lipinski definition) is 9. The van der Waals surface area contributed by atoms with Gasteiger partial charge < -0.3 is 48.2 Å².